The van der Waals surface area contributed by atoms with Gasteiger partial charge in [-0.05, 0) is 70.6 Å². The standard InChI is InChI=1S/C19H29FN2O2/c1-13-14(6-5-7-17(13)20)12-21-15-8-10-16(11-9-15)22-18(23)24-19(2,3)4/h5-7,15-16,21H,8-12H2,1-4H3,(H,22,23). The van der Waals surface area contributed by atoms with E-state index in [9.17, 15) is 9.18 Å². The average Bonchev–Trinajstić information content (AvgIpc) is 2.48. The lowest BCUT2D eigenvalue weighted by Gasteiger charge is -2.30. The van der Waals surface area contributed by atoms with Crippen molar-refractivity contribution in [2.75, 3.05) is 0 Å². The molecule has 134 valence electrons. The minimum absolute atomic E-state index is 0.153. The molecule has 0 radical (unpaired) electrons. The summed E-state index contributed by atoms with van der Waals surface area (Å²) in [5, 5.41) is 6.46. The Bertz CT molecular complexity index is 561. The molecule has 1 amide bonds. The fraction of sp³-hybridized carbons (Fsp3) is 0.632. The van der Waals surface area contributed by atoms with Gasteiger partial charge >= 0.3 is 6.09 Å². The first-order chi connectivity index (χ1) is 11.2. The van der Waals surface area contributed by atoms with E-state index >= 15 is 0 Å². The van der Waals surface area contributed by atoms with Gasteiger partial charge in [-0.1, -0.05) is 12.1 Å². The van der Waals surface area contributed by atoms with Crippen LogP contribution in [0.25, 0.3) is 0 Å². The third-order valence-electron chi connectivity index (χ3n) is 4.41. The van der Waals surface area contributed by atoms with Gasteiger partial charge in [0.15, 0.2) is 0 Å². The van der Waals surface area contributed by atoms with E-state index in [0.29, 0.717) is 18.2 Å². The molecule has 24 heavy (non-hydrogen) atoms. The number of hydrogen-bond donors (Lipinski definition) is 2. The van der Waals surface area contributed by atoms with Gasteiger partial charge in [-0.3, -0.25) is 0 Å². The van der Waals surface area contributed by atoms with E-state index in [0.717, 1.165) is 31.2 Å². The molecule has 2 N–H and O–H groups in total. The van der Waals surface area contributed by atoms with Gasteiger partial charge in [0.25, 0.3) is 0 Å². The number of rotatable bonds is 4. The minimum atomic E-state index is -0.467. The van der Waals surface area contributed by atoms with Gasteiger partial charge in [-0.2, -0.15) is 0 Å². The van der Waals surface area contributed by atoms with E-state index in [2.05, 4.69) is 10.6 Å². The largest absolute Gasteiger partial charge is 0.444 e. The van der Waals surface area contributed by atoms with Crippen LogP contribution >= 0.6 is 0 Å². The molecule has 0 atom stereocenters. The number of halogens is 1. The third-order valence-corrected chi connectivity index (χ3v) is 4.41. The lowest BCUT2D eigenvalue weighted by atomic mass is 9.91. The highest BCUT2D eigenvalue weighted by atomic mass is 19.1. The molecule has 0 heterocycles. The van der Waals surface area contributed by atoms with Crippen molar-refractivity contribution in [2.24, 2.45) is 0 Å². The predicted octanol–water partition coefficient (Wildman–Crippen LogP) is 4.06. The summed E-state index contributed by atoms with van der Waals surface area (Å²) >= 11 is 0. The van der Waals surface area contributed by atoms with Crippen LogP contribution in [0.3, 0.4) is 0 Å². The van der Waals surface area contributed by atoms with Gasteiger partial charge in [0.1, 0.15) is 11.4 Å². The number of alkyl carbamates (subject to hydrolysis) is 1. The number of ether oxygens (including phenoxy) is 1. The molecule has 0 aromatic heterocycles. The van der Waals surface area contributed by atoms with E-state index in [1.54, 1.807) is 6.07 Å². The van der Waals surface area contributed by atoms with Gasteiger partial charge in [0.05, 0.1) is 0 Å². The van der Waals surface area contributed by atoms with E-state index in [-0.39, 0.29) is 18.0 Å². The number of amides is 1. The second-order valence-electron chi connectivity index (χ2n) is 7.60. The Labute approximate surface area is 144 Å². The molecule has 0 aliphatic heterocycles. The minimum Gasteiger partial charge on any atom is -0.444 e. The second kappa shape index (κ2) is 7.97. The van der Waals surface area contributed by atoms with Crippen molar-refractivity contribution in [1.82, 2.24) is 10.6 Å². The Morgan fingerprint density at radius 3 is 2.46 bits per heavy atom. The normalized spacial score (nSPS) is 21.4. The number of carbonyl (C=O) groups excluding carboxylic acids is 1. The molecule has 0 unspecified atom stereocenters. The maximum atomic E-state index is 13.6. The highest BCUT2D eigenvalue weighted by Gasteiger charge is 2.24. The van der Waals surface area contributed by atoms with Gasteiger partial charge < -0.3 is 15.4 Å². The van der Waals surface area contributed by atoms with Gasteiger partial charge in [-0.25, -0.2) is 9.18 Å². The van der Waals surface area contributed by atoms with Crippen LogP contribution in [0.1, 0.15) is 57.6 Å². The zero-order valence-corrected chi connectivity index (χ0v) is 15.1. The quantitative estimate of drug-likeness (QED) is 0.872. The second-order valence-corrected chi connectivity index (χ2v) is 7.60. The maximum Gasteiger partial charge on any atom is 0.407 e. The van der Waals surface area contributed by atoms with E-state index in [1.165, 1.54) is 6.07 Å². The first-order valence-corrected chi connectivity index (χ1v) is 8.71. The molecule has 5 heteroatoms. The summed E-state index contributed by atoms with van der Waals surface area (Å²) in [6.07, 6.45) is 3.51. The van der Waals surface area contributed by atoms with Crippen molar-refractivity contribution in [1.29, 1.82) is 0 Å². The van der Waals surface area contributed by atoms with Crippen LogP contribution in [0.15, 0.2) is 18.2 Å². The SMILES string of the molecule is Cc1c(F)cccc1CNC1CCC(NC(=O)OC(C)(C)C)CC1. The van der Waals surface area contributed by atoms with Crippen LogP contribution in [-0.2, 0) is 11.3 Å². The molecule has 0 bridgehead atoms. The highest BCUT2D eigenvalue weighted by molar-refractivity contribution is 5.68. The summed E-state index contributed by atoms with van der Waals surface area (Å²) in [7, 11) is 0. The predicted molar refractivity (Wildman–Crippen MR) is 93.4 cm³/mol. The van der Waals surface area contributed by atoms with Crippen LogP contribution < -0.4 is 10.6 Å². The van der Waals surface area contributed by atoms with Gasteiger partial charge in [-0.15, -0.1) is 0 Å². The lowest BCUT2D eigenvalue weighted by Crippen LogP contribution is -2.43. The van der Waals surface area contributed by atoms with Crippen LogP contribution in [-0.4, -0.2) is 23.8 Å². The van der Waals surface area contributed by atoms with Crippen molar-refractivity contribution in [2.45, 2.75) is 77.6 Å². The first-order valence-electron chi connectivity index (χ1n) is 8.71. The number of hydrogen-bond acceptors (Lipinski definition) is 3. The number of carbonyl (C=O) groups is 1. The number of nitrogens with one attached hydrogen (secondary N) is 2. The summed E-state index contributed by atoms with van der Waals surface area (Å²) in [5.74, 6) is -0.153. The molecule has 0 spiro atoms. The van der Waals surface area contributed by atoms with E-state index < -0.39 is 5.60 Å². The molecule has 1 aromatic rings. The van der Waals surface area contributed by atoms with Crippen molar-refractivity contribution in [3.05, 3.63) is 35.1 Å². The van der Waals surface area contributed by atoms with Crippen molar-refractivity contribution < 1.29 is 13.9 Å². The van der Waals surface area contributed by atoms with Crippen LogP contribution in [0.5, 0.6) is 0 Å². The van der Waals surface area contributed by atoms with Crippen molar-refractivity contribution >= 4 is 6.09 Å². The Kier molecular flexibility index (Phi) is 6.21. The molecular formula is C19H29FN2O2. The molecule has 4 nitrogen and oxygen atoms in total. The Morgan fingerprint density at radius 1 is 1.21 bits per heavy atom. The Morgan fingerprint density at radius 2 is 1.83 bits per heavy atom. The monoisotopic (exact) mass is 336 g/mol. The first kappa shape index (κ1) is 18.7. The summed E-state index contributed by atoms with van der Waals surface area (Å²) in [6, 6.07) is 5.78. The maximum absolute atomic E-state index is 13.6. The fourth-order valence-corrected chi connectivity index (χ4v) is 3.01. The average molecular weight is 336 g/mol. The molecular weight excluding hydrogens is 307 g/mol. The van der Waals surface area contributed by atoms with E-state index in [1.807, 2.05) is 33.8 Å². The zero-order valence-electron chi connectivity index (χ0n) is 15.1. The van der Waals surface area contributed by atoms with Crippen LogP contribution in [0, 0.1) is 12.7 Å². The van der Waals surface area contributed by atoms with Crippen molar-refractivity contribution in [3.63, 3.8) is 0 Å². The zero-order chi connectivity index (χ0) is 17.7. The van der Waals surface area contributed by atoms with E-state index in [4.69, 9.17) is 4.74 Å². The Hall–Kier alpha value is -1.62. The molecule has 1 saturated carbocycles. The Balaban J connectivity index is 1.73. The summed E-state index contributed by atoms with van der Waals surface area (Å²) in [6.45, 7) is 8.08. The van der Waals surface area contributed by atoms with Crippen molar-refractivity contribution in [3.8, 4) is 0 Å². The van der Waals surface area contributed by atoms with Gasteiger partial charge in [0, 0.05) is 18.6 Å². The third kappa shape index (κ3) is 5.78. The molecule has 1 aromatic carbocycles. The summed E-state index contributed by atoms with van der Waals surface area (Å²) in [4.78, 5) is 11.8. The molecule has 1 aliphatic carbocycles. The van der Waals surface area contributed by atoms with Crippen LogP contribution in [0.2, 0.25) is 0 Å². The van der Waals surface area contributed by atoms with Gasteiger partial charge in [0.2, 0.25) is 0 Å². The molecule has 2 rings (SSSR count). The molecule has 0 saturated heterocycles. The summed E-state index contributed by atoms with van der Waals surface area (Å²) in [5.41, 5.74) is 1.25. The number of benzene rings is 1. The smallest absolute Gasteiger partial charge is 0.407 e. The lowest BCUT2D eigenvalue weighted by molar-refractivity contribution is 0.0489. The van der Waals surface area contributed by atoms with Crippen LogP contribution in [0.4, 0.5) is 9.18 Å². The fourth-order valence-electron chi connectivity index (χ4n) is 3.01. The molecule has 1 aliphatic rings. The summed E-state index contributed by atoms with van der Waals surface area (Å²) < 4.78 is 18.9. The highest BCUT2D eigenvalue weighted by Crippen LogP contribution is 2.20. The topological polar surface area (TPSA) is 50.4 Å². The molecule has 1 fully saturated rings.